The van der Waals surface area contributed by atoms with Gasteiger partial charge in [-0.25, -0.2) is 9.97 Å². The molecular formula is C36H39N8O4+. The Kier molecular flexibility index (Phi) is 8.59. The van der Waals surface area contributed by atoms with Crippen LogP contribution in [0.1, 0.15) is 17.7 Å². The Labute approximate surface area is 278 Å². The number of carbonyl (C=O) groups is 2. The molecule has 0 bridgehead atoms. The molecule has 1 amide bonds. The minimum absolute atomic E-state index is 0.000295. The fourth-order valence-electron chi connectivity index (χ4n) is 6.77. The fourth-order valence-corrected chi connectivity index (χ4v) is 6.77. The molecule has 12 heteroatoms. The summed E-state index contributed by atoms with van der Waals surface area (Å²) in [5.41, 5.74) is 5.16. The van der Waals surface area contributed by atoms with Crippen molar-refractivity contribution in [2.24, 2.45) is 0 Å². The van der Waals surface area contributed by atoms with E-state index in [9.17, 15) is 14.8 Å². The van der Waals surface area contributed by atoms with Crippen molar-refractivity contribution in [1.29, 1.82) is 0 Å². The Hall–Kier alpha value is -5.20. The van der Waals surface area contributed by atoms with E-state index in [0.29, 0.717) is 44.1 Å². The average Bonchev–Trinajstić information content (AvgIpc) is 3.75. The third kappa shape index (κ3) is 6.24. The predicted molar refractivity (Wildman–Crippen MR) is 179 cm³/mol. The van der Waals surface area contributed by atoms with Crippen molar-refractivity contribution < 1.29 is 24.3 Å². The Morgan fingerprint density at radius 3 is 2.48 bits per heavy atom. The maximum Gasteiger partial charge on any atom is 0.236 e. The molecule has 0 spiro atoms. The number of benzene rings is 2. The third-order valence-corrected chi connectivity index (χ3v) is 9.64. The fraction of sp³-hybridized carbons (Fsp3) is 0.333. The average molecular weight is 648 g/mol. The summed E-state index contributed by atoms with van der Waals surface area (Å²) in [5, 5.41) is 18.3. The smallest absolute Gasteiger partial charge is 0.236 e. The molecule has 7 rings (SSSR count). The van der Waals surface area contributed by atoms with Gasteiger partial charge < -0.3 is 14.5 Å². The summed E-state index contributed by atoms with van der Waals surface area (Å²) in [7, 11) is 1.59. The van der Waals surface area contributed by atoms with Crippen LogP contribution in [0.15, 0.2) is 79.3 Å². The van der Waals surface area contributed by atoms with Crippen LogP contribution >= 0.6 is 0 Å². The molecule has 2 aliphatic rings. The number of H-pyrrole nitrogens is 1. The second-order valence-electron chi connectivity index (χ2n) is 12.6. The number of pyridine rings is 1. The molecule has 2 saturated heterocycles. The summed E-state index contributed by atoms with van der Waals surface area (Å²) in [6, 6.07) is 19.6. The van der Waals surface area contributed by atoms with Gasteiger partial charge in [0.2, 0.25) is 17.8 Å². The maximum atomic E-state index is 13.8. The van der Waals surface area contributed by atoms with E-state index in [2.05, 4.69) is 37.2 Å². The lowest BCUT2D eigenvalue weighted by Crippen LogP contribution is -2.51. The molecular weight excluding hydrogens is 608 g/mol. The van der Waals surface area contributed by atoms with Crippen molar-refractivity contribution in [3.63, 3.8) is 0 Å². The highest BCUT2D eigenvalue weighted by molar-refractivity contribution is 5.95. The van der Waals surface area contributed by atoms with Gasteiger partial charge in [0.05, 0.1) is 12.1 Å². The van der Waals surface area contributed by atoms with Gasteiger partial charge >= 0.3 is 0 Å². The first kappa shape index (κ1) is 31.4. The summed E-state index contributed by atoms with van der Waals surface area (Å²) in [6.45, 7) is 5.87. The van der Waals surface area contributed by atoms with E-state index in [1.807, 2.05) is 53.1 Å². The second-order valence-corrected chi connectivity index (χ2v) is 12.6. The lowest BCUT2D eigenvalue weighted by Gasteiger charge is -2.37. The van der Waals surface area contributed by atoms with Crippen molar-refractivity contribution in [3.05, 3.63) is 90.5 Å². The zero-order chi connectivity index (χ0) is 33.3. The third-order valence-electron chi connectivity index (χ3n) is 9.64. The zero-order valence-electron chi connectivity index (χ0n) is 27.2. The normalized spacial score (nSPS) is 18.5. The van der Waals surface area contributed by atoms with E-state index < -0.39 is 5.60 Å². The number of amides is 1. The number of aryl methyl sites for hydroxylation is 1. The number of piperazine rings is 1. The molecule has 0 radical (unpaired) electrons. The van der Waals surface area contributed by atoms with Crippen molar-refractivity contribution in [3.8, 4) is 22.6 Å². The number of Topliss-reactive ketones (excluding diaryl/α,β-unsaturated/α-hetero) is 1. The van der Waals surface area contributed by atoms with E-state index in [1.54, 1.807) is 37.8 Å². The molecule has 5 aromatic rings. The van der Waals surface area contributed by atoms with Crippen LogP contribution in [0.4, 0.5) is 5.69 Å². The number of ketones is 1. The predicted octanol–water partition coefficient (Wildman–Crippen LogP) is 3.07. The van der Waals surface area contributed by atoms with Gasteiger partial charge in [-0.2, -0.15) is 5.10 Å². The topological polar surface area (TPSA) is 132 Å². The molecule has 2 fully saturated rings. The Bertz CT molecular complexity index is 1940. The van der Waals surface area contributed by atoms with Crippen LogP contribution in [0, 0.1) is 6.92 Å². The number of likely N-dealkylation sites (tertiary alicyclic amines) is 1. The van der Waals surface area contributed by atoms with Crippen LogP contribution in [0.25, 0.3) is 33.5 Å². The van der Waals surface area contributed by atoms with Gasteiger partial charge in [0.15, 0.2) is 11.6 Å². The van der Waals surface area contributed by atoms with Gasteiger partial charge in [-0.15, -0.1) is 0 Å². The molecule has 1 atom stereocenters. The van der Waals surface area contributed by atoms with Crippen LogP contribution in [0.2, 0.25) is 0 Å². The lowest BCUT2D eigenvalue weighted by molar-refractivity contribution is -0.908. The summed E-state index contributed by atoms with van der Waals surface area (Å²) in [5.74, 6) is 0.775. The van der Waals surface area contributed by atoms with Crippen molar-refractivity contribution in [1.82, 2.24) is 30.0 Å². The number of nitrogens with zero attached hydrogens (tertiary/aromatic N) is 7. The quantitative estimate of drug-likeness (QED) is 0.183. The van der Waals surface area contributed by atoms with Crippen molar-refractivity contribution in [2.45, 2.75) is 25.4 Å². The Morgan fingerprint density at radius 2 is 1.75 bits per heavy atom. The number of ether oxygens (including phenoxy) is 1. The van der Waals surface area contributed by atoms with E-state index >= 15 is 0 Å². The van der Waals surface area contributed by atoms with E-state index in [4.69, 9.17) is 4.74 Å². The first-order valence-electron chi connectivity index (χ1n) is 16.2. The summed E-state index contributed by atoms with van der Waals surface area (Å²) >= 11 is 0. The number of rotatable bonds is 9. The minimum Gasteiger partial charge on any atom is -0.369 e. The second kappa shape index (κ2) is 13.1. The van der Waals surface area contributed by atoms with Gasteiger partial charge in [-0.3, -0.25) is 24.8 Å². The molecule has 0 saturated carbocycles. The van der Waals surface area contributed by atoms with Gasteiger partial charge in [0.1, 0.15) is 11.3 Å². The molecule has 3 aromatic heterocycles. The molecule has 2 aliphatic heterocycles. The van der Waals surface area contributed by atoms with Gasteiger partial charge in [0.25, 0.3) is 0 Å². The number of carbonyl (C=O) groups excluding carboxylic acids is 2. The maximum absolute atomic E-state index is 13.8. The summed E-state index contributed by atoms with van der Waals surface area (Å²) in [6.07, 6.45) is 5.81. The van der Waals surface area contributed by atoms with Crippen LogP contribution in [0.5, 0.6) is 0 Å². The first-order chi connectivity index (χ1) is 23.3. The SMILES string of the molecule is CO[C@@]1(C(=O)Cc2ccc3[nH]nc(-c4cc[n+](O)c(C)c4)c3c2)CCN(CC(=O)N2CCN(c3ccc(-c4ncccn4)cc3)CC2)C1. The molecule has 5 heterocycles. The highest BCUT2D eigenvalue weighted by atomic mass is 16.5. The highest BCUT2D eigenvalue weighted by Crippen LogP contribution is 2.31. The van der Waals surface area contributed by atoms with Crippen LogP contribution in [-0.2, 0) is 20.7 Å². The summed E-state index contributed by atoms with van der Waals surface area (Å²) in [4.78, 5) is 42.0. The number of anilines is 1. The van der Waals surface area contributed by atoms with Crippen molar-refractivity contribution >= 4 is 28.3 Å². The van der Waals surface area contributed by atoms with Gasteiger partial charge in [-0.1, -0.05) is 6.07 Å². The van der Waals surface area contributed by atoms with Crippen LogP contribution < -0.4 is 9.63 Å². The number of aromatic amines is 1. The lowest BCUT2D eigenvalue weighted by atomic mass is 9.91. The molecule has 246 valence electrons. The summed E-state index contributed by atoms with van der Waals surface area (Å²) < 4.78 is 6.97. The van der Waals surface area contributed by atoms with Crippen molar-refractivity contribution in [2.75, 3.05) is 57.8 Å². The van der Waals surface area contributed by atoms with Gasteiger partial charge in [0, 0.05) is 111 Å². The number of hydrogen-bond acceptors (Lipinski definition) is 9. The van der Waals surface area contributed by atoms with Crippen LogP contribution in [0.3, 0.4) is 0 Å². The highest BCUT2D eigenvalue weighted by Gasteiger charge is 2.45. The van der Waals surface area contributed by atoms with Crippen LogP contribution in [-0.4, -0.2) is 105 Å². The Morgan fingerprint density at radius 1 is 0.979 bits per heavy atom. The van der Waals surface area contributed by atoms with E-state index in [-0.39, 0.29) is 24.7 Å². The standard InChI is InChI=1S/C36H38N8O4/c1-25-20-28(10-14-44(25)47)34-30-21-26(4-9-31(30)39-40-34)22-32(45)36(48-2)11-15-41(24-36)23-33(46)43-18-16-42(17-19-43)29-7-5-27(6-8-29)35-37-12-3-13-38-35/h3-10,12-14,20-21,47H,11,15-19,22-24H2,1-2H3/p+1/t36-/m0/s1. The number of fused-ring (bicyclic) bond motifs is 1. The largest absolute Gasteiger partial charge is 0.369 e. The monoisotopic (exact) mass is 647 g/mol. The number of hydrogen-bond donors (Lipinski definition) is 2. The molecule has 12 nitrogen and oxygen atoms in total. The molecule has 0 aliphatic carbocycles. The zero-order valence-corrected chi connectivity index (χ0v) is 27.2. The van der Waals surface area contributed by atoms with E-state index in [1.165, 1.54) is 0 Å². The number of nitrogens with one attached hydrogen (secondary N) is 1. The van der Waals surface area contributed by atoms with E-state index in [0.717, 1.165) is 56.8 Å². The first-order valence-corrected chi connectivity index (χ1v) is 16.2. The number of aromatic nitrogens is 5. The molecule has 2 N–H and O–H groups in total. The van der Waals surface area contributed by atoms with Gasteiger partial charge in [-0.05, 0) is 54.4 Å². The molecule has 48 heavy (non-hydrogen) atoms. The minimum atomic E-state index is -0.963. The Balaban J connectivity index is 0.944. The number of methoxy groups -OCH3 is 1. The molecule has 2 aromatic carbocycles. The molecule has 0 unspecified atom stereocenters.